The van der Waals surface area contributed by atoms with Crippen molar-refractivity contribution in [3.05, 3.63) is 23.8 Å². The monoisotopic (exact) mass is 422 g/mol. The fraction of sp³-hybridized carbons (Fsp3) is 0.526. The Morgan fingerprint density at radius 1 is 0.897 bits per heavy atom. The summed E-state index contributed by atoms with van der Waals surface area (Å²) in [4.78, 5) is 18.3. The molecule has 0 radical (unpaired) electrons. The summed E-state index contributed by atoms with van der Waals surface area (Å²) >= 11 is 0. The van der Waals surface area contributed by atoms with Crippen molar-refractivity contribution >= 4 is 35.9 Å². The van der Waals surface area contributed by atoms with Gasteiger partial charge in [-0.25, -0.2) is 0 Å². The van der Waals surface area contributed by atoms with Gasteiger partial charge in [-0.3, -0.25) is 0 Å². The Hall–Kier alpha value is -2.36. The van der Waals surface area contributed by atoms with Gasteiger partial charge in [0, 0.05) is 26.2 Å². The number of hydrogen-bond donors (Lipinski definition) is 1. The standard InChI is InChI=1S/C19H26N6O3.ClH/c1-14-3-4-16(26-2)15(13-14)20-17-21-18(24-5-9-27-10-6-24)23-19(22-17)25-7-11-28-12-8-25;/h3-4,13H,5-12H2,1-2H3,(H,20,21,22,23);1H. The second-order valence-corrected chi connectivity index (χ2v) is 6.79. The van der Waals surface area contributed by atoms with Gasteiger partial charge in [-0.2, -0.15) is 15.0 Å². The van der Waals surface area contributed by atoms with E-state index in [1.165, 1.54) is 0 Å². The van der Waals surface area contributed by atoms with Crippen LogP contribution in [0.3, 0.4) is 0 Å². The molecule has 2 aromatic rings. The molecule has 29 heavy (non-hydrogen) atoms. The molecule has 9 nitrogen and oxygen atoms in total. The number of ether oxygens (including phenoxy) is 3. The van der Waals surface area contributed by atoms with E-state index in [0.29, 0.717) is 44.3 Å². The van der Waals surface area contributed by atoms with Crippen molar-refractivity contribution in [2.24, 2.45) is 0 Å². The van der Waals surface area contributed by atoms with Crippen molar-refractivity contribution in [3.63, 3.8) is 0 Å². The topological polar surface area (TPSA) is 84.9 Å². The normalized spacial score (nSPS) is 16.9. The third-order valence-corrected chi connectivity index (χ3v) is 4.80. The van der Waals surface area contributed by atoms with E-state index >= 15 is 0 Å². The molecular weight excluding hydrogens is 396 g/mol. The highest BCUT2D eigenvalue weighted by Gasteiger charge is 2.21. The highest BCUT2D eigenvalue weighted by molar-refractivity contribution is 5.85. The zero-order chi connectivity index (χ0) is 19.3. The number of nitrogens with one attached hydrogen (secondary N) is 1. The van der Waals surface area contributed by atoms with E-state index in [9.17, 15) is 0 Å². The summed E-state index contributed by atoms with van der Waals surface area (Å²) in [6.07, 6.45) is 0. The van der Waals surface area contributed by atoms with E-state index in [0.717, 1.165) is 43.2 Å². The molecule has 1 aromatic carbocycles. The molecule has 10 heteroatoms. The van der Waals surface area contributed by atoms with Gasteiger partial charge in [0.05, 0.1) is 39.2 Å². The lowest BCUT2D eigenvalue weighted by atomic mass is 10.2. The lowest BCUT2D eigenvalue weighted by Gasteiger charge is -2.30. The second kappa shape index (κ2) is 9.91. The number of hydrogen-bond acceptors (Lipinski definition) is 9. The molecule has 3 heterocycles. The SMILES string of the molecule is COc1ccc(C)cc1Nc1nc(N2CCOCC2)nc(N2CCOCC2)n1.Cl. The Bertz CT molecular complexity index is 776. The summed E-state index contributed by atoms with van der Waals surface area (Å²) in [6.45, 7) is 7.79. The Kier molecular flexibility index (Phi) is 7.29. The van der Waals surface area contributed by atoms with Gasteiger partial charge in [-0.15, -0.1) is 12.4 Å². The van der Waals surface area contributed by atoms with Crippen LogP contribution < -0.4 is 19.9 Å². The Balaban J connectivity index is 0.00000240. The lowest BCUT2D eigenvalue weighted by molar-refractivity contribution is 0.121. The summed E-state index contributed by atoms with van der Waals surface area (Å²) in [5.74, 6) is 2.57. The number of methoxy groups -OCH3 is 1. The van der Waals surface area contributed by atoms with Gasteiger partial charge in [0.1, 0.15) is 5.75 Å². The van der Waals surface area contributed by atoms with Crippen LogP contribution in [-0.2, 0) is 9.47 Å². The second-order valence-electron chi connectivity index (χ2n) is 6.79. The first-order valence-corrected chi connectivity index (χ1v) is 9.56. The summed E-state index contributed by atoms with van der Waals surface area (Å²) in [7, 11) is 1.65. The maximum atomic E-state index is 5.48. The number of benzene rings is 1. The van der Waals surface area contributed by atoms with Crippen molar-refractivity contribution < 1.29 is 14.2 Å². The number of halogens is 1. The van der Waals surface area contributed by atoms with Crippen molar-refractivity contribution in [2.45, 2.75) is 6.92 Å². The van der Waals surface area contributed by atoms with Gasteiger partial charge in [0.25, 0.3) is 0 Å². The van der Waals surface area contributed by atoms with Gasteiger partial charge >= 0.3 is 0 Å². The van der Waals surface area contributed by atoms with Crippen LogP contribution in [0, 0.1) is 6.92 Å². The molecule has 0 atom stereocenters. The maximum absolute atomic E-state index is 5.48. The van der Waals surface area contributed by atoms with Crippen LogP contribution in [0.25, 0.3) is 0 Å². The van der Waals surface area contributed by atoms with Crippen molar-refractivity contribution in [2.75, 3.05) is 74.8 Å². The zero-order valence-corrected chi connectivity index (χ0v) is 17.6. The van der Waals surface area contributed by atoms with Crippen molar-refractivity contribution in [1.29, 1.82) is 0 Å². The molecule has 0 spiro atoms. The summed E-state index contributed by atoms with van der Waals surface area (Å²) in [5.41, 5.74) is 1.95. The average Bonchev–Trinajstić information content (AvgIpc) is 2.75. The van der Waals surface area contributed by atoms with E-state index in [1.807, 2.05) is 25.1 Å². The van der Waals surface area contributed by atoms with E-state index in [4.69, 9.17) is 19.2 Å². The smallest absolute Gasteiger partial charge is 0.233 e. The van der Waals surface area contributed by atoms with Crippen molar-refractivity contribution in [3.8, 4) is 5.75 Å². The van der Waals surface area contributed by atoms with E-state index in [2.05, 4.69) is 25.1 Å². The average molecular weight is 423 g/mol. The van der Waals surface area contributed by atoms with Crippen LogP contribution >= 0.6 is 12.4 Å². The first kappa shape index (κ1) is 21.4. The molecular formula is C19H27ClN6O3. The number of nitrogens with zero attached hydrogens (tertiary/aromatic N) is 5. The minimum atomic E-state index is 0. The van der Waals surface area contributed by atoms with Gasteiger partial charge in [-0.1, -0.05) is 6.07 Å². The molecule has 158 valence electrons. The van der Waals surface area contributed by atoms with Gasteiger partial charge in [0.15, 0.2) is 0 Å². The Morgan fingerprint density at radius 2 is 1.45 bits per heavy atom. The number of morpholine rings is 2. The lowest BCUT2D eigenvalue weighted by Crippen LogP contribution is -2.40. The predicted octanol–water partition coefficient (Wildman–Crippen LogP) is 2.03. The van der Waals surface area contributed by atoms with E-state index in [-0.39, 0.29) is 12.4 Å². The van der Waals surface area contributed by atoms with Crippen LogP contribution in [0.2, 0.25) is 0 Å². The quantitative estimate of drug-likeness (QED) is 0.777. The fourth-order valence-corrected chi connectivity index (χ4v) is 3.26. The van der Waals surface area contributed by atoms with Gasteiger partial charge < -0.3 is 29.3 Å². The highest BCUT2D eigenvalue weighted by atomic mass is 35.5. The number of rotatable bonds is 5. The highest BCUT2D eigenvalue weighted by Crippen LogP contribution is 2.28. The van der Waals surface area contributed by atoms with Crippen LogP contribution in [-0.4, -0.2) is 74.7 Å². The van der Waals surface area contributed by atoms with Crippen LogP contribution in [0.4, 0.5) is 23.5 Å². The van der Waals surface area contributed by atoms with E-state index in [1.54, 1.807) is 7.11 Å². The maximum Gasteiger partial charge on any atom is 0.233 e. The third-order valence-electron chi connectivity index (χ3n) is 4.80. The molecule has 1 aromatic heterocycles. The van der Waals surface area contributed by atoms with Crippen molar-refractivity contribution in [1.82, 2.24) is 15.0 Å². The van der Waals surface area contributed by atoms with Crippen LogP contribution in [0.5, 0.6) is 5.75 Å². The molecule has 0 amide bonds. The van der Waals surface area contributed by atoms with Crippen LogP contribution in [0.15, 0.2) is 18.2 Å². The Labute approximate surface area is 176 Å². The Morgan fingerprint density at radius 3 is 1.97 bits per heavy atom. The molecule has 4 rings (SSSR count). The molecule has 0 unspecified atom stereocenters. The van der Waals surface area contributed by atoms with E-state index < -0.39 is 0 Å². The number of anilines is 4. The first-order valence-electron chi connectivity index (χ1n) is 9.56. The molecule has 1 N–H and O–H groups in total. The van der Waals surface area contributed by atoms with Gasteiger partial charge in [-0.05, 0) is 24.6 Å². The minimum absolute atomic E-state index is 0. The number of aromatic nitrogens is 3. The molecule has 0 saturated carbocycles. The molecule has 2 saturated heterocycles. The summed E-state index contributed by atoms with van der Waals surface area (Å²) in [6, 6.07) is 5.96. The predicted molar refractivity (Wildman–Crippen MR) is 114 cm³/mol. The van der Waals surface area contributed by atoms with Crippen LogP contribution in [0.1, 0.15) is 5.56 Å². The molecule has 0 bridgehead atoms. The number of aryl methyl sites for hydroxylation is 1. The summed E-state index contributed by atoms with van der Waals surface area (Å²) < 4.78 is 16.4. The zero-order valence-electron chi connectivity index (χ0n) is 16.8. The largest absolute Gasteiger partial charge is 0.495 e. The first-order chi connectivity index (χ1) is 13.7. The minimum Gasteiger partial charge on any atom is -0.495 e. The molecule has 2 aliphatic heterocycles. The molecule has 2 aliphatic rings. The molecule has 2 fully saturated rings. The summed E-state index contributed by atoms with van der Waals surface area (Å²) in [5, 5.41) is 3.32. The third kappa shape index (κ3) is 5.17. The van der Waals surface area contributed by atoms with Gasteiger partial charge in [0.2, 0.25) is 17.8 Å². The fourth-order valence-electron chi connectivity index (χ4n) is 3.26. The molecule has 0 aliphatic carbocycles.